The van der Waals surface area contributed by atoms with Crippen LogP contribution in [0.25, 0.3) is 10.9 Å². The Morgan fingerprint density at radius 2 is 1.70 bits per heavy atom. The maximum atomic E-state index is 10.4. The number of fused-ring (bicyclic) bond motifs is 1. The zero-order valence-electron chi connectivity index (χ0n) is 16.8. The Hall–Kier alpha value is -2.30. The first-order valence-electron chi connectivity index (χ1n) is 9.99. The average Bonchev–Trinajstić information content (AvgIpc) is 3.02. The van der Waals surface area contributed by atoms with Gasteiger partial charge in [-0.05, 0) is 41.8 Å². The first kappa shape index (κ1) is 21.0. The van der Waals surface area contributed by atoms with Crippen molar-refractivity contribution < 1.29 is 5.11 Å². The molecule has 0 radical (unpaired) electrons. The molecule has 4 aromatic rings. The minimum Gasteiger partial charge on any atom is -0.387 e. The van der Waals surface area contributed by atoms with Crippen molar-refractivity contribution in [1.29, 1.82) is 0 Å². The number of aliphatic hydroxyl groups excluding tert-OH is 1. The molecule has 0 bridgehead atoms. The van der Waals surface area contributed by atoms with Gasteiger partial charge in [-0.2, -0.15) is 0 Å². The highest BCUT2D eigenvalue weighted by Gasteiger charge is 2.15. The lowest BCUT2D eigenvalue weighted by Crippen LogP contribution is -2.21. The van der Waals surface area contributed by atoms with Crippen LogP contribution in [0.1, 0.15) is 28.5 Å². The van der Waals surface area contributed by atoms with Crippen molar-refractivity contribution in [1.82, 2.24) is 9.88 Å². The van der Waals surface area contributed by atoms with Crippen LogP contribution in [0.15, 0.2) is 72.8 Å². The summed E-state index contributed by atoms with van der Waals surface area (Å²) in [6.07, 6.45) is -0.535. The van der Waals surface area contributed by atoms with E-state index in [-0.39, 0.29) is 0 Å². The Bertz CT molecular complexity index is 1150. The zero-order chi connectivity index (χ0) is 21.1. The van der Waals surface area contributed by atoms with Crippen LogP contribution in [0, 0.1) is 6.92 Å². The zero-order valence-corrected chi connectivity index (χ0v) is 18.3. The summed E-state index contributed by atoms with van der Waals surface area (Å²) in [6.45, 7) is 3.98. The van der Waals surface area contributed by atoms with Crippen molar-refractivity contribution in [3.8, 4) is 0 Å². The van der Waals surface area contributed by atoms with Crippen LogP contribution in [-0.4, -0.2) is 16.2 Å². The molecule has 1 heterocycles. The van der Waals surface area contributed by atoms with E-state index >= 15 is 0 Å². The monoisotopic (exact) mass is 438 g/mol. The van der Waals surface area contributed by atoms with Crippen LogP contribution in [0.2, 0.25) is 10.0 Å². The molecular weight excluding hydrogens is 415 g/mol. The van der Waals surface area contributed by atoms with Crippen LogP contribution >= 0.6 is 23.2 Å². The van der Waals surface area contributed by atoms with Crippen LogP contribution < -0.4 is 5.32 Å². The van der Waals surface area contributed by atoms with Crippen molar-refractivity contribution in [3.05, 3.63) is 105 Å². The second kappa shape index (κ2) is 9.23. The predicted molar refractivity (Wildman–Crippen MR) is 125 cm³/mol. The van der Waals surface area contributed by atoms with E-state index in [1.807, 2.05) is 42.5 Å². The first-order valence-corrected chi connectivity index (χ1v) is 10.7. The van der Waals surface area contributed by atoms with E-state index in [1.165, 1.54) is 22.2 Å². The SMILES string of the molecule is Cc1c(CNC[C@@H](O)c2ccccc2)c2ccccc2n1Cc1ccc(Cl)cc1Cl. The Balaban J connectivity index is 1.57. The highest BCUT2D eigenvalue weighted by atomic mass is 35.5. The number of para-hydroxylation sites is 1. The highest BCUT2D eigenvalue weighted by molar-refractivity contribution is 6.35. The molecule has 0 spiro atoms. The van der Waals surface area contributed by atoms with Gasteiger partial charge in [-0.3, -0.25) is 0 Å². The minimum absolute atomic E-state index is 0.492. The molecule has 30 heavy (non-hydrogen) atoms. The van der Waals surface area contributed by atoms with E-state index in [0.717, 1.165) is 11.1 Å². The van der Waals surface area contributed by atoms with Gasteiger partial charge in [-0.1, -0.05) is 77.8 Å². The number of hydrogen-bond donors (Lipinski definition) is 2. The van der Waals surface area contributed by atoms with Gasteiger partial charge in [0.25, 0.3) is 0 Å². The summed E-state index contributed by atoms with van der Waals surface area (Å²) in [5, 5.41) is 16.4. The van der Waals surface area contributed by atoms with Crippen molar-refractivity contribution in [2.45, 2.75) is 26.1 Å². The van der Waals surface area contributed by atoms with E-state index in [2.05, 4.69) is 41.1 Å². The Kier molecular flexibility index (Phi) is 6.45. The molecule has 0 fully saturated rings. The summed E-state index contributed by atoms with van der Waals surface area (Å²) in [5.41, 5.74) is 5.53. The Labute approximate surface area is 186 Å². The molecule has 0 unspecified atom stereocenters. The molecule has 0 saturated carbocycles. The largest absolute Gasteiger partial charge is 0.387 e. The maximum absolute atomic E-state index is 10.4. The predicted octanol–water partition coefficient (Wildman–Crippen LogP) is 6.13. The van der Waals surface area contributed by atoms with Gasteiger partial charge in [-0.15, -0.1) is 0 Å². The maximum Gasteiger partial charge on any atom is 0.0914 e. The number of rotatable bonds is 7. The second-order valence-electron chi connectivity index (χ2n) is 7.46. The molecule has 154 valence electrons. The van der Waals surface area contributed by atoms with Crippen LogP contribution in [-0.2, 0) is 13.1 Å². The van der Waals surface area contributed by atoms with E-state index in [4.69, 9.17) is 23.2 Å². The normalized spacial score (nSPS) is 12.4. The molecule has 1 aromatic heterocycles. The van der Waals surface area contributed by atoms with Crippen molar-refractivity contribution in [2.75, 3.05) is 6.54 Å². The molecule has 0 aliphatic carbocycles. The summed E-state index contributed by atoms with van der Waals surface area (Å²) in [7, 11) is 0. The van der Waals surface area contributed by atoms with Gasteiger partial charge < -0.3 is 15.0 Å². The molecule has 0 saturated heterocycles. The average molecular weight is 439 g/mol. The van der Waals surface area contributed by atoms with Gasteiger partial charge >= 0.3 is 0 Å². The number of aromatic nitrogens is 1. The lowest BCUT2D eigenvalue weighted by atomic mass is 10.1. The number of aliphatic hydroxyl groups is 1. The third kappa shape index (κ3) is 4.40. The summed E-state index contributed by atoms with van der Waals surface area (Å²) < 4.78 is 2.29. The standard InChI is InChI=1S/C25H24Cl2N2O/c1-17-22(14-28-15-25(30)18-7-3-2-4-8-18)21-9-5-6-10-24(21)29(17)16-19-11-12-20(26)13-23(19)27/h2-13,25,28,30H,14-16H2,1H3/t25-/m1/s1. The number of benzene rings is 3. The van der Waals surface area contributed by atoms with Crippen molar-refractivity contribution in [2.24, 2.45) is 0 Å². The molecule has 1 atom stereocenters. The number of nitrogens with zero attached hydrogens (tertiary/aromatic N) is 1. The molecule has 3 aromatic carbocycles. The van der Waals surface area contributed by atoms with Gasteiger partial charge in [0, 0.05) is 46.3 Å². The lowest BCUT2D eigenvalue weighted by molar-refractivity contribution is 0.174. The van der Waals surface area contributed by atoms with Gasteiger partial charge in [0.15, 0.2) is 0 Å². The van der Waals surface area contributed by atoms with E-state index in [1.54, 1.807) is 6.07 Å². The van der Waals surface area contributed by atoms with Crippen LogP contribution in [0.4, 0.5) is 0 Å². The fourth-order valence-electron chi connectivity index (χ4n) is 3.88. The number of hydrogen-bond acceptors (Lipinski definition) is 2. The van der Waals surface area contributed by atoms with E-state index in [0.29, 0.717) is 29.7 Å². The Morgan fingerprint density at radius 1 is 0.967 bits per heavy atom. The van der Waals surface area contributed by atoms with E-state index in [9.17, 15) is 5.11 Å². The summed E-state index contributed by atoms with van der Waals surface area (Å²) in [4.78, 5) is 0. The van der Waals surface area contributed by atoms with Crippen molar-refractivity contribution in [3.63, 3.8) is 0 Å². The smallest absolute Gasteiger partial charge is 0.0914 e. The third-order valence-electron chi connectivity index (χ3n) is 5.53. The minimum atomic E-state index is -0.535. The first-order chi connectivity index (χ1) is 14.5. The molecule has 2 N–H and O–H groups in total. The highest BCUT2D eigenvalue weighted by Crippen LogP contribution is 2.29. The van der Waals surface area contributed by atoms with Gasteiger partial charge in [-0.25, -0.2) is 0 Å². The quantitative estimate of drug-likeness (QED) is 0.364. The summed E-state index contributed by atoms with van der Waals surface area (Å²) in [6, 6.07) is 23.8. The fourth-order valence-corrected chi connectivity index (χ4v) is 4.35. The number of nitrogens with one attached hydrogen (secondary N) is 1. The number of halogens is 2. The fraction of sp³-hybridized carbons (Fsp3) is 0.200. The van der Waals surface area contributed by atoms with E-state index < -0.39 is 6.10 Å². The summed E-state index contributed by atoms with van der Waals surface area (Å²) in [5.74, 6) is 0. The molecule has 0 amide bonds. The summed E-state index contributed by atoms with van der Waals surface area (Å²) >= 11 is 12.5. The van der Waals surface area contributed by atoms with Gasteiger partial charge in [0.2, 0.25) is 0 Å². The lowest BCUT2D eigenvalue weighted by Gasteiger charge is -2.13. The molecule has 3 nitrogen and oxygen atoms in total. The third-order valence-corrected chi connectivity index (χ3v) is 6.12. The topological polar surface area (TPSA) is 37.2 Å². The van der Waals surface area contributed by atoms with Crippen molar-refractivity contribution >= 4 is 34.1 Å². The van der Waals surface area contributed by atoms with Gasteiger partial charge in [0.1, 0.15) is 0 Å². The Morgan fingerprint density at radius 3 is 2.47 bits per heavy atom. The second-order valence-corrected chi connectivity index (χ2v) is 8.30. The molecule has 0 aliphatic heterocycles. The molecule has 0 aliphatic rings. The molecular formula is C25H24Cl2N2O. The van der Waals surface area contributed by atoms with Crippen LogP contribution in [0.3, 0.4) is 0 Å². The molecule has 5 heteroatoms. The molecule has 4 rings (SSSR count). The van der Waals surface area contributed by atoms with Crippen LogP contribution in [0.5, 0.6) is 0 Å². The van der Waals surface area contributed by atoms with Gasteiger partial charge in [0.05, 0.1) is 6.10 Å².